The highest BCUT2D eigenvalue weighted by molar-refractivity contribution is 5.97. The van der Waals surface area contributed by atoms with Gasteiger partial charge in [0, 0.05) is 18.5 Å². The van der Waals surface area contributed by atoms with Gasteiger partial charge in [-0.1, -0.05) is 27.7 Å². The monoisotopic (exact) mass is 276 g/mol. The Hall–Kier alpha value is -1.65. The van der Waals surface area contributed by atoms with Gasteiger partial charge in [0.15, 0.2) is 5.69 Å². The van der Waals surface area contributed by atoms with Gasteiger partial charge in [-0.2, -0.15) is 0 Å². The largest absolute Gasteiger partial charge is 0.382 e. The number of rotatable bonds is 6. The summed E-state index contributed by atoms with van der Waals surface area (Å²) in [6, 6.07) is 0.305. The molecule has 2 unspecified atom stereocenters. The summed E-state index contributed by atoms with van der Waals surface area (Å²) in [5.41, 5.74) is 1.19. The number of carbonyl (C=O) groups excluding carboxylic acids is 1. The third-order valence-electron chi connectivity index (χ3n) is 3.53. The summed E-state index contributed by atoms with van der Waals surface area (Å²) in [5, 5.41) is 6.26. The average molecular weight is 276 g/mol. The fourth-order valence-corrected chi connectivity index (χ4v) is 2.00. The van der Waals surface area contributed by atoms with Crippen LogP contribution in [0.1, 0.15) is 62.8 Å². The first kappa shape index (κ1) is 14.8. The number of nitrogens with zero attached hydrogens (tertiary/aromatic N) is 2. The van der Waals surface area contributed by atoms with Crippen molar-refractivity contribution in [1.29, 1.82) is 0 Å². The summed E-state index contributed by atoms with van der Waals surface area (Å²) in [6.45, 7) is 9.09. The number of aromatic nitrogens is 2. The molecular formula is C15H24N4O. The second-order valence-electron chi connectivity index (χ2n) is 5.86. The Balaban J connectivity index is 2.20. The summed E-state index contributed by atoms with van der Waals surface area (Å²) >= 11 is 0. The quantitative estimate of drug-likeness (QED) is 0.838. The first-order valence-electron chi connectivity index (χ1n) is 7.44. The van der Waals surface area contributed by atoms with Gasteiger partial charge in [0.05, 0.1) is 11.9 Å². The second-order valence-corrected chi connectivity index (χ2v) is 5.86. The van der Waals surface area contributed by atoms with Crippen molar-refractivity contribution in [2.24, 2.45) is 5.92 Å². The predicted molar refractivity (Wildman–Crippen MR) is 79.9 cm³/mol. The molecule has 0 aromatic carbocycles. The minimum atomic E-state index is -0.0951. The Morgan fingerprint density at radius 2 is 2.20 bits per heavy atom. The lowest BCUT2D eigenvalue weighted by Crippen LogP contribution is -2.29. The zero-order valence-corrected chi connectivity index (χ0v) is 12.7. The molecule has 1 aromatic rings. The lowest BCUT2D eigenvalue weighted by Gasteiger charge is -2.13. The van der Waals surface area contributed by atoms with Gasteiger partial charge in [-0.3, -0.25) is 4.79 Å². The fourth-order valence-electron chi connectivity index (χ4n) is 2.00. The predicted octanol–water partition coefficient (Wildman–Crippen LogP) is 2.56. The maximum atomic E-state index is 12.4. The Kier molecular flexibility index (Phi) is 4.57. The molecule has 2 atom stereocenters. The van der Waals surface area contributed by atoms with Gasteiger partial charge in [-0.25, -0.2) is 9.97 Å². The number of hydrogen-bond acceptors (Lipinski definition) is 4. The van der Waals surface area contributed by atoms with Crippen LogP contribution in [0.4, 0.5) is 5.69 Å². The third kappa shape index (κ3) is 3.46. The minimum absolute atomic E-state index is 0.0951. The van der Waals surface area contributed by atoms with Crippen LogP contribution in [0.3, 0.4) is 0 Å². The SMILES string of the molecule is CCCNc1cnc(C(C)C)nc1C(=O)NC1CC1C. The van der Waals surface area contributed by atoms with E-state index in [1.54, 1.807) is 6.20 Å². The summed E-state index contributed by atoms with van der Waals surface area (Å²) in [4.78, 5) is 21.1. The van der Waals surface area contributed by atoms with Crippen LogP contribution < -0.4 is 10.6 Å². The summed E-state index contributed by atoms with van der Waals surface area (Å²) in [6.07, 6.45) is 3.78. The third-order valence-corrected chi connectivity index (χ3v) is 3.53. The lowest BCUT2D eigenvalue weighted by molar-refractivity contribution is 0.0944. The highest BCUT2D eigenvalue weighted by Crippen LogP contribution is 2.29. The normalized spacial score (nSPS) is 20.9. The van der Waals surface area contributed by atoms with Crippen molar-refractivity contribution < 1.29 is 4.79 Å². The number of hydrogen-bond donors (Lipinski definition) is 2. The highest BCUT2D eigenvalue weighted by Gasteiger charge is 2.34. The molecular weight excluding hydrogens is 252 g/mol. The molecule has 0 aliphatic heterocycles. The first-order valence-corrected chi connectivity index (χ1v) is 7.44. The summed E-state index contributed by atoms with van der Waals surface area (Å²) in [7, 11) is 0. The smallest absolute Gasteiger partial charge is 0.272 e. The lowest BCUT2D eigenvalue weighted by atomic mass is 10.2. The zero-order valence-electron chi connectivity index (χ0n) is 12.7. The molecule has 0 saturated heterocycles. The van der Waals surface area contributed by atoms with E-state index in [4.69, 9.17) is 0 Å². The van der Waals surface area contributed by atoms with Crippen molar-refractivity contribution in [1.82, 2.24) is 15.3 Å². The van der Waals surface area contributed by atoms with E-state index in [-0.39, 0.29) is 11.8 Å². The topological polar surface area (TPSA) is 66.9 Å². The van der Waals surface area contributed by atoms with E-state index in [2.05, 4.69) is 34.4 Å². The van der Waals surface area contributed by atoms with Crippen LogP contribution >= 0.6 is 0 Å². The van der Waals surface area contributed by atoms with Crippen molar-refractivity contribution in [3.8, 4) is 0 Å². The molecule has 1 saturated carbocycles. The van der Waals surface area contributed by atoms with E-state index in [1.165, 1.54) is 0 Å². The molecule has 1 fully saturated rings. The van der Waals surface area contributed by atoms with Crippen molar-refractivity contribution in [2.45, 2.75) is 52.5 Å². The molecule has 2 N–H and O–H groups in total. The van der Waals surface area contributed by atoms with E-state index < -0.39 is 0 Å². The number of amides is 1. The van der Waals surface area contributed by atoms with Gasteiger partial charge in [-0.05, 0) is 18.8 Å². The van der Waals surface area contributed by atoms with E-state index in [0.717, 1.165) is 25.1 Å². The first-order chi connectivity index (χ1) is 9.52. The van der Waals surface area contributed by atoms with Crippen LogP contribution in [0.25, 0.3) is 0 Å². The number of anilines is 1. The van der Waals surface area contributed by atoms with Gasteiger partial charge in [0.1, 0.15) is 5.82 Å². The number of nitrogens with one attached hydrogen (secondary N) is 2. The minimum Gasteiger partial charge on any atom is -0.382 e. The Morgan fingerprint density at radius 1 is 1.50 bits per heavy atom. The fraction of sp³-hybridized carbons (Fsp3) is 0.667. The molecule has 0 spiro atoms. The van der Waals surface area contributed by atoms with Gasteiger partial charge < -0.3 is 10.6 Å². The van der Waals surface area contributed by atoms with Crippen LogP contribution in [0.15, 0.2) is 6.20 Å². The molecule has 5 heteroatoms. The van der Waals surface area contributed by atoms with E-state index in [1.807, 2.05) is 13.8 Å². The molecule has 5 nitrogen and oxygen atoms in total. The van der Waals surface area contributed by atoms with Gasteiger partial charge in [-0.15, -0.1) is 0 Å². The van der Waals surface area contributed by atoms with Gasteiger partial charge >= 0.3 is 0 Å². The molecule has 0 bridgehead atoms. The van der Waals surface area contributed by atoms with Crippen molar-refractivity contribution >= 4 is 11.6 Å². The molecule has 1 heterocycles. The molecule has 1 aliphatic rings. The van der Waals surface area contributed by atoms with Crippen LogP contribution in [-0.2, 0) is 0 Å². The van der Waals surface area contributed by atoms with E-state index >= 15 is 0 Å². The zero-order chi connectivity index (χ0) is 14.7. The molecule has 1 aliphatic carbocycles. The molecule has 1 aromatic heterocycles. The molecule has 20 heavy (non-hydrogen) atoms. The molecule has 2 rings (SSSR count). The van der Waals surface area contributed by atoms with E-state index in [9.17, 15) is 4.79 Å². The van der Waals surface area contributed by atoms with Crippen LogP contribution in [-0.4, -0.2) is 28.5 Å². The highest BCUT2D eigenvalue weighted by atomic mass is 16.2. The van der Waals surface area contributed by atoms with Crippen molar-refractivity contribution in [3.05, 3.63) is 17.7 Å². The van der Waals surface area contributed by atoms with Crippen LogP contribution in [0, 0.1) is 5.92 Å². The summed E-state index contributed by atoms with van der Waals surface area (Å²) < 4.78 is 0. The van der Waals surface area contributed by atoms with Crippen molar-refractivity contribution in [2.75, 3.05) is 11.9 Å². The standard InChI is InChI=1S/C15H24N4O/c1-5-6-16-12-8-17-14(9(2)3)19-13(12)15(20)18-11-7-10(11)4/h8-11,16H,5-7H2,1-4H3,(H,18,20). The Bertz CT molecular complexity index is 487. The second kappa shape index (κ2) is 6.20. The maximum Gasteiger partial charge on any atom is 0.272 e. The molecule has 0 radical (unpaired) electrons. The maximum absolute atomic E-state index is 12.4. The van der Waals surface area contributed by atoms with Gasteiger partial charge in [0.25, 0.3) is 5.91 Å². The summed E-state index contributed by atoms with van der Waals surface area (Å²) in [5.74, 6) is 1.40. The molecule has 110 valence electrons. The van der Waals surface area contributed by atoms with Crippen LogP contribution in [0.2, 0.25) is 0 Å². The van der Waals surface area contributed by atoms with Crippen molar-refractivity contribution in [3.63, 3.8) is 0 Å². The van der Waals surface area contributed by atoms with Gasteiger partial charge in [0.2, 0.25) is 0 Å². The Morgan fingerprint density at radius 3 is 2.75 bits per heavy atom. The average Bonchev–Trinajstić information content (AvgIpc) is 3.11. The van der Waals surface area contributed by atoms with Crippen LogP contribution in [0.5, 0.6) is 0 Å². The van der Waals surface area contributed by atoms with E-state index in [0.29, 0.717) is 23.5 Å². The Labute approximate surface area is 120 Å². The number of carbonyl (C=O) groups is 1. The molecule has 1 amide bonds.